The highest BCUT2D eigenvalue weighted by atomic mass is 35.5. The van der Waals surface area contributed by atoms with Gasteiger partial charge >= 0.3 is 5.97 Å². The van der Waals surface area contributed by atoms with Gasteiger partial charge in [-0.1, -0.05) is 24.6 Å². The first-order chi connectivity index (χ1) is 10.5. The SMILES string of the molecule is CCC(C(=O)O)N1CCN(C(=O)c2c(F)cccc2Cl)CC1. The third kappa shape index (κ3) is 3.39. The van der Waals surface area contributed by atoms with Crippen molar-refractivity contribution in [1.29, 1.82) is 0 Å². The minimum absolute atomic E-state index is 0.0874. The number of carbonyl (C=O) groups excluding carboxylic acids is 1. The highest BCUT2D eigenvalue weighted by Gasteiger charge is 2.30. The van der Waals surface area contributed by atoms with Gasteiger partial charge in [-0.2, -0.15) is 0 Å². The molecule has 1 aliphatic heterocycles. The molecule has 1 saturated heterocycles. The van der Waals surface area contributed by atoms with Gasteiger partial charge in [0, 0.05) is 26.2 Å². The number of piperazine rings is 1. The maximum Gasteiger partial charge on any atom is 0.320 e. The van der Waals surface area contributed by atoms with Crippen LogP contribution in [0.15, 0.2) is 18.2 Å². The van der Waals surface area contributed by atoms with Crippen LogP contribution in [-0.4, -0.2) is 59.0 Å². The Morgan fingerprint density at radius 2 is 1.95 bits per heavy atom. The Bertz CT molecular complexity index is 554. The number of carboxylic acid groups (broad SMARTS) is 1. The molecule has 1 fully saturated rings. The number of nitrogens with zero attached hydrogens (tertiary/aromatic N) is 2. The van der Waals surface area contributed by atoms with Crippen LogP contribution in [0.25, 0.3) is 0 Å². The van der Waals surface area contributed by atoms with E-state index in [0.29, 0.717) is 32.6 Å². The lowest BCUT2D eigenvalue weighted by atomic mass is 10.1. The van der Waals surface area contributed by atoms with Gasteiger partial charge in [0.25, 0.3) is 5.91 Å². The van der Waals surface area contributed by atoms with Crippen molar-refractivity contribution >= 4 is 23.5 Å². The van der Waals surface area contributed by atoms with Crippen molar-refractivity contribution in [2.24, 2.45) is 0 Å². The van der Waals surface area contributed by atoms with E-state index in [-0.39, 0.29) is 10.6 Å². The zero-order chi connectivity index (χ0) is 16.3. The summed E-state index contributed by atoms with van der Waals surface area (Å²) in [5, 5.41) is 9.25. The number of aliphatic carboxylic acids is 1. The molecule has 120 valence electrons. The minimum atomic E-state index is -0.862. The van der Waals surface area contributed by atoms with Crippen molar-refractivity contribution in [3.63, 3.8) is 0 Å². The van der Waals surface area contributed by atoms with E-state index in [2.05, 4.69) is 0 Å². The van der Waals surface area contributed by atoms with Crippen LogP contribution in [0.2, 0.25) is 5.02 Å². The van der Waals surface area contributed by atoms with Crippen LogP contribution >= 0.6 is 11.6 Å². The Hall–Kier alpha value is -1.66. The third-order valence-corrected chi connectivity index (χ3v) is 4.21. The van der Waals surface area contributed by atoms with Gasteiger partial charge in [0.15, 0.2) is 0 Å². The molecule has 0 aliphatic carbocycles. The summed E-state index contributed by atoms with van der Waals surface area (Å²) in [5.74, 6) is -1.96. The predicted molar refractivity (Wildman–Crippen MR) is 80.6 cm³/mol. The number of hydrogen-bond acceptors (Lipinski definition) is 3. The molecule has 1 unspecified atom stereocenters. The summed E-state index contributed by atoms with van der Waals surface area (Å²) in [7, 11) is 0. The molecule has 0 aromatic heterocycles. The second-order valence-electron chi connectivity index (χ2n) is 5.19. The Kier molecular flexibility index (Phi) is 5.37. The lowest BCUT2D eigenvalue weighted by Crippen LogP contribution is -2.53. The Labute approximate surface area is 133 Å². The van der Waals surface area contributed by atoms with E-state index in [1.54, 1.807) is 0 Å². The van der Waals surface area contributed by atoms with Gasteiger partial charge in [0.05, 0.1) is 10.6 Å². The first-order valence-corrected chi connectivity index (χ1v) is 7.53. The van der Waals surface area contributed by atoms with Crippen molar-refractivity contribution in [2.45, 2.75) is 19.4 Å². The summed E-state index contributed by atoms with van der Waals surface area (Å²) in [6.07, 6.45) is 0.502. The molecular weight excluding hydrogens is 311 g/mol. The fourth-order valence-corrected chi connectivity index (χ4v) is 2.93. The number of amides is 1. The van der Waals surface area contributed by atoms with E-state index in [1.807, 2.05) is 11.8 Å². The molecule has 1 amide bonds. The van der Waals surface area contributed by atoms with Crippen LogP contribution in [0.1, 0.15) is 23.7 Å². The lowest BCUT2D eigenvalue weighted by Gasteiger charge is -2.37. The molecule has 1 aromatic rings. The summed E-state index contributed by atoms with van der Waals surface area (Å²) in [6, 6.07) is 3.58. The maximum absolute atomic E-state index is 13.8. The molecule has 1 atom stereocenters. The van der Waals surface area contributed by atoms with E-state index in [9.17, 15) is 14.0 Å². The molecule has 5 nitrogen and oxygen atoms in total. The summed E-state index contributed by atoms with van der Waals surface area (Å²) in [5.41, 5.74) is -0.122. The topological polar surface area (TPSA) is 60.9 Å². The molecule has 1 N–H and O–H groups in total. The second kappa shape index (κ2) is 7.07. The average Bonchev–Trinajstić information content (AvgIpc) is 2.48. The fraction of sp³-hybridized carbons (Fsp3) is 0.467. The van der Waals surface area contributed by atoms with E-state index in [1.165, 1.54) is 23.1 Å². The van der Waals surface area contributed by atoms with E-state index >= 15 is 0 Å². The standard InChI is InChI=1S/C15H18ClFN2O3/c1-2-12(15(21)22)18-6-8-19(9-7-18)14(20)13-10(16)4-3-5-11(13)17/h3-5,12H,2,6-9H2,1H3,(H,21,22). The molecule has 0 bridgehead atoms. The van der Waals surface area contributed by atoms with Gasteiger partial charge in [-0.05, 0) is 18.6 Å². The second-order valence-corrected chi connectivity index (χ2v) is 5.59. The van der Waals surface area contributed by atoms with Gasteiger partial charge in [0.1, 0.15) is 11.9 Å². The van der Waals surface area contributed by atoms with Crippen LogP contribution in [0, 0.1) is 5.82 Å². The molecule has 22 heavy (non-hydrogen) atoms. The number of carbonyl (C=O) groups is 2. The van der Waals surface area contributed by atoms with Crippen LogP contribution < -0.4 is 0 Å². The van der Waals surface area contributed by atoms with Crippen molar-refractivity contribution in [2.75, 3.05) is 26.2 Å². The Balaban J connectivity index is 2.05. The molecular formula is C15H18ClFN2O3. The molecule has 0 saturated carbocycles. The summed E-state index contributed by atoms with van der Waals surface area (Å²) >= 11 is 5.91. The quantitative estimate of drug-likeness (QED) is 0.919. The van der Waals surface area contributed by atoms with Gasteiger partial charge < -0.3 is 10.0 Å². The van der Waals surface area contributed by atoms with Crippen LogP contribution in [-0.2, 0) is 4.79 Å². The number of carboxylic acids is 1. The smallest absolute Gasteiger partial charge is 0.320 e. The van der Waals surface area contributed by atoms with Crippen molar-refractivity contribution in [3.8, 4) is 0 Å². The van der Waals surface area contributed by atoms with Crippen LogP contribution in [0.4, 0.5) is 4.39 Å². The monoisotopic (exact) mass is 328 g/mol. The number of hydrogen-bond donors (Lipinski definition) is 1. The summed E-state index contributed by atoms with van der Waals surface area (Å²) in [4.78, 5) is 26.9. The fourth-order valence-electron chi connectivity index (χ4n) is 2.69. The molecule has 1 heterocycles. The van der Waals surface area contributed by atoms with E-state index < -0.39 is 23.7 Å². The first-order valence-electron chi connectivity index (χ1n) is 7.15. The minimum Gasteiger partial charge on any atom is -0.480 e. The molecule has 7 heteroatoms. The third-order valence-electron chi connectivity index (χ3n) is 3.89. The van der Waals surface area contributed by atoms with Gasteiger partial charge in [0.2, 0.25) is 0 Å². The molecule has 0 radical (unpaired) electrons. The Morgan fingerprint density at radius 3 is 2.45 bits per heavy atom. The highest BCUT2D eigenvalue weighted by Crippen LogP contribution is 2.22. The van der Waals surface area contributed by atoms with Crippen molar-refractivity contribution < 1.29 is 19.1 Å². The van der Waals surface area contributed by atoms with Gasteiger partial charge in [-0.3, -0.25) is 14.5 Å². The van der Waals surface area contributed by atoms with Crippen LogP contribution in [0.3, 0.4) is 0 Å². The van der Waals surface area contributed by atoms with Crippen molar-refractivity contribution in [1.82, 2.24) is 9.80 Å². The number of benzene rings is 1. The van der Waals surface area contributed by atoms with Crippen molar-refractivity contribution in [3.05, 3.63) is 34.6 Å². The zero-order valence-electron chi connectivity index (χ0n) is 12.3. The molecule has 0 spiro atoms. The summed E-state index contributed by atoms with van der Waals surface area (Å²) < 4.78 is 13.8. The maximum atomic E-state index is 13.8. The largest absolute Gasteiger partial charge is 0.480 e. The zero-order valence-corrected chi connectivity index (χ0v) is 13.0. The predicted octanol–water partition coefficient (Wildman–Crippen LogP) is 2.10. The van der Waals surface area contributed by atoms with E-state index in [0.717, 1.165) is 0 Å². The number of halogens is 2. The molecule has 2 rings (SSSR count). The average molecular weight is 329 g/mol. The normalized spacial score (nSPS) is 17.3. The first kappa shape index (κ1) is 16.7. The molecule has 1 aliphatic rings. The molecule has 1 aromatic carbocycles. The summed E-state index contributed by atoms with van der Waals surface area (Å²) in [6.45, 7) is 3.42. The number of rotatable bonds is 4. The van der Waals surface area contributed by atoms with Crippen LogP contribution in [0.5, 0.6) is 0 Å². The highest BCUT2D eigenvalue weighted by molar-refractivity contribution is 6.33. The van der Waals surface area contributed by atoms with Gasteiger partial charge in [-0.25, -0.2) is 4.39 Å². The van der Waals surface area contributed by atoms with Gasteiger partial charge in [-0.15, -0.1) is 0 Å². The Morgan fingerprint density at radius 1 is 1.32 bits per heavy atom. The van der Waals surface area contributed by atoms with E-state index in [4.69, 9.17) is 16.7 Å². The lowest BCUT2D eigenvalue weighted by molar-refractivity contribution is -0.144.